The van der Waals surface area contributed by atoms with Crippen molar-refractivity contribution in [2.45, 2.75) is 25.2 Å². The fourth-order valence-corrected chi connectivity index (χ4v) is 2.22. The Morgan fingerprint density at radius 1 is 1.50 bits per heavy atom. The van der Waals surface area contributed by atoms with Crippen molar-refractivity contribution >= 4 is 12.3 Å². The number of carbonyl (C=O) groups is 2. The predicted octanol–water partition coefficient (Wildman–Crippen LogP) is 2.09. The van der Waals surface area contributed by atoms with Crippen molar-refractivity contribution in [1.29, 1.82) is 0 Å². The van der Waals surface area contributed by atoms with Gasteiger partial charge in [-0.1, -0.05) is 6.07 Å². The van der Waals surface area contributed by atoms with Gasteiger partial charge in [-0.2, -0.15) is 0 Å². The lowest BCUT2D eigenvalue weighted by molar-refractivity contribution is -0.109. The van der Waals surface area contributed by atoms with Crippen molar-refractivity contribution < 1.29 is 14.3 Å². The smallest absolute Gasteiger partial charge is 0.337 e. The molecule has 0 fully saturated rings. The van der Waals surface area contributed by atoms with Gasteiger partial charge in [0.25, 0.3) is 0 Å². The zero-order valence-corrected chi connectivity index (χ0v) is 9.23. The minimum atomic E-state index is -0.349. The highest BCUT2D eigenvalue weighted by Crippen LogP contribution is 2.30. The van der Waals surface area contributed by atoms with Crippen LogP contribution in [-0.4, -0.2) is 19.4 Å². The molecule has 3 heteroatoms. The largest absolute Gasteiger partial charge is 0.465 e. The van der Waals surface area contributed by atoms with Crippen LogP contribution in [0.5, 0.6) is 0 Å². The third-order valence-corrected chi connectivity index (χ3v) is 3.09. The zero-order valence-electron chi connectivity index (χ0n) is 9.23. The molecule has 0 saturated heterocycles. The average molecular weight is 218 g/mol. The number of aldehydes is 1. The topological polar surface area (TPSA) is 43.4 Å². The molecule has 1 unspecified atom stereocenters. The molecule has 1 aliphatic rings. The maximum absolute atomic E-state index is 11.4. The lowest BCUT2D eigenvalue weighted by Gasteiger charge is -2.21. The number of fused-ring (bicyclic) bond motifs is 1. The Kier molecular flexibility index (Phi) is 3.04. The first kappa shape index (κ1) is 10.9. The molecule has 0 aliphatic heterocycles. The molecular formula is C13H14O3. The van der Waals surface area contributed by atoms with E-state index in [1.165, 1.54) is 12.7 Å². The lowest BCUT2D eigenvalue weighted by atomic mass is 9.83. The molecule has 0 heterocycles. The molecule has 0 bridgehead atoms. The van der Waals surface area contributed by atoms with E-state index in [9.17, 15) is 9.59 Å². The molecular weight excluding hydrogens is 204 g/mol. The van der Waals surface area contributed by atoms with Crippen molar-refractivity contribution in [3.8, 4) is 0 Å². The predicted molar refractivity (Wildman–Crippen MR) is 59.5 cm³/mol. The summed E-state index contributed by atoms with van der Waals surface area (Å²) in [6, 6.07) is 5.48. The Labute approximate surface area is 94.4 Å². The van der Waals surface area contributed by atoms with E-state index in [1.54, 1.807) is 12.1 Å². The Hall–Kier alpha value is -1.64. The van der Waals surface area contributed by atoms with Crippen LogP contribution >= 0.6 is 0 Å². The number of hydrogen-bond acceptors (Lipinski definition) is 3. The van der Waals surface area contributed by atoms with E-state index in [0.29, 0.717) is 5.56 Å². The minimum absolute atomic E-state index is 0.0617. The molecule has 0 N–H and O–H groups in total. The third-order valence-electron chi connectivity index (χ3n) is 3.09. The van der Waals surface area contributed by atoms with Gasteiger partial charge in [0, 0.05) is 5.92 Å². The van der Waals surface area contributed by atoms with Gasteiger partial charge in [0.15, 0.2) is 0 Å². The van der Waals surface area contributed by atoms with Gasteiger partial charge < -0.3 is 9.53 Å². The molecule has 1 aromatic carbocycles. The molecule has 16 heavy (non-hydrogen) atoms. The normalized spacial score (nSPS) is 18.7. The van der Waals surface area contributed by atoms with E-state index in [1.807, 2.05) is 6.07 Å². The fourth-order valence-electron chi connectivity index (χ4n) is 2.22. The zero-order chi connectivity index (χ0) is 11.5. The molecule has 1 aliphatic carbocycles. The molecule has 1 atom stereocenters. The van der Waals surface area contributed by atoms with Crippen molar-refractivity contribution in [3.05, 3.63) is 34.9 Å². The second-order valence-corrected chi connectivity index (χ2v) is 4.04. The molecule has 0 amide bonds. The van der Waals surface area contributed by atoms with Crippen LogP contribution in [0.3, 0.4) is 0 Å². The molecule has 0 radical (unpaired) electrons. The second-order valence-electron chi connectivity index (χ2n) is 4.04. The fraction of sp³-hybridized carbons (Fsp3) is 0.385. The van der Waals surface area contributed by atoms with Gasteiger partial charge in [-0.15, -0.1) is 0 Å². The highest BCUT2D eigenvalue weighted by molar-refractivity contribution is 5.90. The Bertz CT molecular complexity index is 423. The molecule has 0 spiro atoms. The molecule has 2 rings (SSSR count). The van der Waals surface area contributed by atoms with Crippen LogP contribution in [0, 0.1) is 0 Å². The Balaban J connectivity index is 2.42. The minimum Gasteiger partial charge on any atom is -0.465 e. The molecule has 3 nitrogen and oxygen atoms in total. The van der Waals surface area contributed by atoms with Crippen LogP contribution in [0.1, 0.15) is 40.2 Å². The van der Waals surface area contributed by atoms with Gasteiger partial charge >= 0.3 is 5.97 Å². The SMILES string of the molecule is COC(=O)c1ccc2c(c1)C(C=O)CCC2. The first-order chi connectivity index (χ1) is 7.76. The van der Waals surface area contributed by atoms with E-state index in [2.05, 4.69) is 4.74 Å². The van der Waals surface area contributed by atoms with Crippen LogP contribution in [-0.2, 0) is 16.0 Å². The monoisotopic (exact) mass is 218 g/mol. The number of aryl methyl sites for hydroxylation is 1. The summed E-state index contributed by atoms with van der Waals surface area (Å²) in [5.41, 5.74) is 2.69. The lowest BCUT2D eigenvalue weighted by Crippen LogP contribution is -2.12. The molecule has 1 aromatic rings. The average Bonchev–Trinajstić information content (AvgIpc) is 2.36. The summed E-state index contributed by atoms with van der Waals surface area (Å²) >= 11 is 0. The quantitative estimate of drug-likeness (QED) is 0.564. The summed E-state index contributed by atoms with van der Waals surface area (Å²) in [6.07, 6.45) is 3.87. The van der Waals surface area contributed by atoms with E-state index < -0.39 is 0 Å². The molecule has 0 saturated carbocycles. The Morgan fingerprint density at radius 3 is 3.00 bits per heavy atom. The van der Waals surface area contributed by atoms with Gasteiger partial charge in [-0.25, -0.2) is 4.79 Å². The maximum Gasteiger partial charge on any atom is 0.337 e. The summed E-state index contributed by atoms with van der Waals surface area (Å²) in [7, 11) is 1.36. The summed E-state index contributed by atoms with van der Waals surface area (Å²) in [6.45, 7) is 0. The van der Waals surface area contributed by atoms with Gasteiger partial charge in [0.1, 0.15) is 6.29 Å². The van der Waals surface area contributed by atoms with Crippen LogP contribution in [0.15, 0.2) is 18.2 Å². The third kappa shape index (κ3) is 1.85. The van der Waals surface area contributed by atoms with E-state index in [4.69, 9.17) is 0 Å². The van der Waals surface area contributed by atoms with Crippen molar-refractivity contribution in [2.24, 2.45) is 0 Å². The van der Waals surface area contributed by atoms with Crippen molar-refractivity contribution in [1.82, 2.24) is 0 Å². The van der Waals surface area contributed by atoms with Crippen LogP contribution < -0.4 is 0 Å². The summed E-state index contributed by atoms with van der Waals surface area (Å²) in [4.78, 5) is 22.3. The van der Waals surface area contributed by atoms with Gasteiger partial charge in [-0.3, -0.25) is 0 Å². The Morgan fingerprint density at radius 2 is 2.31 bits per heavy atom. The highest BCUT2D eigenvalue weighted by Gasteiger charge is 2.21. The van der Waals surface area contributed by atoms with Crippen LogP contribution in [0.25, 0.3) is 0 Å². The van der Waals surface area contributed by atoms with E-state index in [-0.39, 0.29) is 11.9 Å². The summed E-state index contributed by atoms with van der Waals surface area (Å²) in [5, 5.41) is 0. The standard InChI is InChI=1S/C13H14O3/c1-16-13(15)10-6-5-9-3-2-4-11(8-14)12(9)7-10/h5-8,11H,2-4H2,1H3. The number of carbonyl (C=O) groups excluding carboxylic acids is 2. The van der Waals surface area contributed by atoms with Gasteiger partial charge in [0.2, 0.25) is 0 Å². The molecule has 0 aromatic heterocycles. The number of methoxy groups -OCH3 is 1. The van der Waals surface area contributed by atoms with Gasteiger partial charge in [-0.05, 0) is 42.5 Å². The first-order valence-corrected chi connectivity index (χ1v) is 5.42. The number of benzene rings is 1. The number of esters is 1. The summed E-state index contributed by atoms with van der Waals surface area (Å²) < 4.78 is 4.67. The number of hydrogen-bond donors (Lipinski definition) is 0. The first-order valence-electron chi connectivity index (χ1n) is 5.42. The number of ether oxygens (including phenoxy) is 1. The summed E-state index contributed by atoms with van der Waals surface area (Å²) in [5.74, 6) is -0.411. The van der Waals surface area contributed by atoms with Crippen LogP contribution in [0.4, 0.5) is 0 Å². The molecule has 84 valence electrons. The maximum atomic E-state index is 11.4. The van der Waals surface area contributed by atoms with Crippen molar-refractivity contribution in [2.75, 3.05) is 7.11 Å². The highest BCUT2D eigenvalue weighted by atomic mass is 16.5. The van der Waals surface area contributed by atoms with E-state index in [0.717, 1.165) is 31.1 Å². The van der Waals surface area contributed by atoms with Crippen LogP contribution in [0.2, 0.25) is 0 Å². The van der Waals surface area contributed by atoms with Crippen molar-refractivity contribution in [3.63, 3.8) is 0 Å². The second kappa shape index (κ2) is 4.47. The number of rotatable bonds is 2. The van der Waals surface area contributed by atoms with Gasteiger partial charge in [0.05, 0.1) is 12.7 Å². The van der Waals surface area contributed by atoms with E-state index >= 15 is 0 Å².